The summed E-state index contributed by atoms with van der Waals surface area (Å²) in [5, 5.41) is 11.4. The van der Waals surface area contributed by atoms with Crippen LogP contribution in [0.3, 0.4) is 0 Å². The number of aromatic nitrogens is 4. The normalized spacial score (nSPS) is 11.0. The van der Waals surface area contributed by atoms with E-state index >= 15 is 0 Å². The summed E-state index contributed by atoms with van der Waals surface area (Å²) in [4.78, 5) is 4.00. The van der Waals surface area contributed by atoms with Gasteiger partial charge >= 0.3 is 0 Å². The number of aromatic amines is 1. The van der Waals surface area contributed by atoms with E-state index in [1.165, 1.54) is 0 Å². The van der Waals surface area contributed by atoms with Crippen LogP contribution in [0, 0.1) is 4.77 Å². The van der Waals surface area contributed by atoms with Crippen molar-refractivity contribution in [3.63, 3.8) is 0 Å². The van der Waals surface area contributed by atoms with Gasteiger partial charge in [0.05, 0.1) is 17.8 Å². The van der Waals surface area contributed by atoms with Gasteiger partial charge in [0, 0.05) is 18.0 Å². The van der Waals surface area contributed by atoms with Gasteiger partial charge in [-0.15, -0.1) is 0 Å². The molecule has 0 saturated carbocycles. The van der Waals surface area contributed by atoms with Crippen molar-refractivity contribution in [2.24, 2.45) is 5.10 Å². The lowest BCUT2D eigenvalue weighted by molar-refractivity contribution is 0.412. The molecule has 0 unspecified atom stereocenters. The second kappa shape index (κ2) is 6.84. The lowest BCUT2D eigenvalue weighted by Gasteiger charge is -2.03. The molecule has 0 atom stereocenters. The summed E-state index contributed by atoms with van der Waals surface area (Å²) in [7, 11) is 1.62. The Kier molecular flexibility index (Phi) is 4.63. The average Bonchev–Trinajstić information content (AvgIpc) is 2.94. The van der Waals surface area contributed by atoms with Gasteiger partial charge in [-0.25, -0.2) is 5.10 Å². The third-order valence-electron chi connectivity index (χ3n) is 3.09. The maximum absolute atomic E-state index is 5.24. The average molecular weight is 390 g/mol. The first-order valence-corrected chi connectivity index (χ1v) is 7.85. The van der Waals surface area contributed by atoms with Gasteiger partial charge in [-0.1, -0.05) is 0 Å². The fourth-order valence-electron chi connectivity index (χ4n) is 1.97. The highest BCUT2D eigenvalue weighted by molar-refractivity contribution is 9.10. The van der Waals surface area contributed by atoms with Gasteiger partial charge in [0.1, 0.15) is 5.75 Å². The number of hydrogen-bond donors (Lipinski definition) is 1. The molecule has 0 bridgehead atoms. The Morgan fingerprint density at radius 3 is 2.78 bits per heavy atom. The predicted molar refractivity (Wildman–Crippen MR) is 94.3 cm³/mol. The van der Waals surface area contributed by atoms with Crippen LogP contribution in [0.2, 0.25) is 0 Å². The number of benzene rings is 1. The number of pyridine rings is 1. The van der Waals surface area contributed by atoms with E-state index in [0.717, 1.165) is 21.3 Å². The molecule has 0 radical (unpaired) electrons. The van der Waals surface area contributed by atoms with E-state index in [2.05, 4.69) is 36.2 Å². The number of hydrogen-bond acceptors (Lipinski definition) is 5. The molecule has 3 rings (SSSR count). The van der Waals surface area contributed by atoms with Crippen molar-refractivity contribution in [3.8, 4) is 17.1 Å². The molecule has 2 aromatic heterocycles. The van der Waals surface area contributed by atoms with Crippen molar-refractivity contribution >= 4 is 34.4 Å². The van der Waals surface area contributed by atoms with Crippen molar-refractivity contribution in [3.05, 3.63) is 57.5 Å². The Balaban J connectivity index is 1.96. The molecule has 116 valence electrons. The number of nitrogens with zero attached hydrogens (tertiary/aromatic N) is 4. The largest absolute Gasteiger partial charge is 0.496 e. The Morgan fingerprint density at radius 2 is 2.09 bits per heavy atom. The summed E-state index contributed by atoms with van der Waals surface area (Å²) in [6.45, 7) is 0. The topological polar surface area (TPSA) is 68.1 Å². The fourth-order valence-corrected chi connectivity index (χ4v) is 2.71. The van der Waals surface area contributed by atoms with Crippen LogP contribution in [0.25, 0.3) is 11.4 Å². The number of ether oxygens (including phenoxy) is 1. The van der Waals surface area contributed by atoms with Gasteiger partial charge in [0.15, 0.2) is 5.82 Å². The van der Waals surface area contributed by atoms with Crippen molar-refractivity contribution < 1.29 is 4.74 Å². The van der Waals surface area contributed by atoms with Gasteiger partial charge in [-0.3, -0.25) is 4.98 Å². The van der Waals surface area contributed by atoms with Crippen LogP contribution in [0.15, 0.2) is 52.3 Å². The third kappa shape index (κ3) is 3.38. The van der Waals surface area contributed by atoms with Gasteiger partial charge in [0.2, 0.25) is 4.77 Å². The van der Waals surface area contributed by atoms with Crippen molar-refractivity contribution in [2.45, 2.75) is 0 Å². The van der Waals surface area contributed by atoms with Gasteiger partial charge < -0.3 is 4.74 Å². The molecule has 0 aliphatic carbocycles. The smallest absolute Gasteiger partial charge is 0.216 e. The van der Waals surface area contributed by atoms with Crippen molar-refractivity contribution in [2.75, 3.05) is 7.11 Å². The Labute approximate surface area is 146 Å². The molecule has 0 saturated heterocycles. The second-order valence-corrected chi connectivity index (χ2v) is 5.78. The zero-order valence-electron chi connectivity index (χ0n) is 12.1. The maximum Gasteiger partial charge on any atom is 0.216 e. The van der Waals surface area contributed by atoms with Crippen LogP contribution < -0.4 is 4.74 Å². The molecule has 2 heterocycles. The molecule has 1 aromatic carbocycles. The van der Waals surface area contributed by atoms with E-state index < -0.39 is 0 Å². The number of halogens is 1. The highest BCUT2D eigenvalue weighted by atomic mass is 79.9. The lowest BCUT2D eigenvalue weighted by Crippen LogP contribution is -1.95. The Hall–Kier alpha value is -2.32. The molecule has 8 heteroatoms. The summed E-state index contributed by atoms with van der Waals surface area (Å²) >= 11 is 8.69. The predicted octanol–water partition coefficient (Wildman–Crippen LogP) is 3.66. The SMILES string of the molecule is COc1ccc(/C=N\n2c(-c3ccncc3)n[nH]c2=S)cc1Br. The minimum absolute atomic E-state index is 0.417. The standard InChI is InChI=1S/C15H12BrN5OS/c1-22-13-3-2-10(8-12(13)16)9-18-21-14(19-20-15(21)23)11-4-6-17-7-5-11/h2-9H,1H3,(H,20,23)/b18-9-. The molecule has 0 fully saturated rings. The van der Waals surface area contributed by atoms with Crippen LogP contribution in [-0.4, -0.2) is 33.2 Å². The van der Waals surface area contributed by atoms with Crippen LogP contribution >= 0.6 is 28.1 Å². The molecule has 0 spiro atoms. The zero-order valence-corrected chi connectivity index (χ0v) is 14.5. The summed E-state index contributed by atoms with van der Waals surface area (Å²) < 4.78 is 8.06. The fraction of sp³-hybridized carbons (Fsp3) is 0.0667. The molecular weight excluding hydrogens is 378 g/mol. The molecule has 0 aliphatic heterocycles. The monoisotopic (exact) mass is 389 g/mol. The molecule has 0 aliphatic rings. The van der Waals surface area contributed by atoms with Crippen LogP contribution in [0.1, 0.15) is 5.56 Å². The number of H-pyrrole nitrogens is 1. The van der Waals surface area contributed by atoms with Crippen molar-refractivity contribution in [1.82, 2.24) is 19.9 Å². The van der Waals surface area contributed by atoms with E-state index in [1.54, 1.807) is 30.4 Å². The first-order chi connectivity index (χ1) is 11.2. The summed E-state index contributed by atoms with van der Waals surface area (Å²) in [5.41, 5.74) is 1.78. The van der Waals surface area contributed by atoms with E-state index in [0.29, 0.717) is 10.6 Å². The zero-order chi connectivity index (χ0) is 16.2. The second-order valence-electron chi connectivity index (χ2n) is 4.54. The van der Waals surface area contributed by atoms with E-state index in [-0.39, 0.29) is 0 Å². The van der Waals surface area contributed by atoms with Crippen LogP contribution in [-0.2, 0) is 0 Å². The minimum atomic E-state index is 0.417. The third-order valence-corrected chi connectivity index (χ3v) is 3.97. The first kappa shape index (κ1) is 15.6. The summed E-state index contributed by atoms with van der Waals surface area (Å²) in [6, 6.07) is 9.38. The van der Waals surface area contributed by atoms with Gasteiger partial charge in [0.25, 0.3) is 0 Å². The van der Waals surface area contributed by atoms with E-state index in [1.807, 2.05) is 30.3 Å². The highest BCUT2D eigenvalue weighted by Gasteiger charge is 2.07. The molecule has 1 N–H and O–H groups in total. The Morgan fingerprint density at radius 1 is 1.30 bits per heavy atom. The van der Waals surface area contributed by atoms with Gasteiger partial charge in [-0.2, -0.15) is 14.9 Å². The molecule has 3 aromatic rings. The van der Waals surface area contributed by atoms with Crippen LogP contribution in [0.5, 0.6) is 5.75 Å². The quantitative estimate of drug-likeness (QED) is 0.546. The number of methoxy groups -OCH3 is 1. The van der Waals surface area contributed by atoms with E-state index in [4.69, 9.17) is 17.0 Å². The molecular formula is C15H12BrN5OS. The van der Waals surface area contributed by atoms with E-state index in [9.17, 15) is 0 Å². The molecule has 0 amide bonds. The summed E-state index contributed by atoms with van der Waals surface area (Å²) in [6.07, 6.45) is 5.10. The number of rotatable bonds is 4. The summed E-state index contributed by atoms with van der Waals surface area (Å²) in [5.74, 6) is 1.39. The molecule has 6 nitrogen and oxygen atoms in total. The first-order valence-electron chi connectivity index (χ1n) is 6.65. The minimum Gasteiger partial charge on any atom is -0.496 e. The Bertz CT molecular complexity index is 904. The molecule has 23 heavy (non-hydrogen) atoms. The maximum atomic E-state index is 5.24. The highest BCUT2D eigenvalue weighted by Crippen LogP contribution is 2.25. The van der Waals surface area contributed by atoms with Crippen molar-refractivity contribution in [1.29, 1.82) is 0 Å². The number of nitrogens with one attached hydrogen (secondary N) is 1. The van der Waals surface area contributed by atoms with Crippen LogP contribution in [0.4, 0.5) is 0 Å². The lowest BCUT2D eigenvalue weighted by atomic mass is 10.2. The van der Waals surface area contributed by atoms with Gasteiger partial charge in [-0.05, 0) is 64.0 Å².